The standard InChI is InChI=1S/C22H21N3O5/c1-14(26)23-17-7-4-15(5-8-17)19(27)13-25-22(28)11-9-18(24-25)16-6-10-20(29-2)21(12-16)30-3/h4-12H,13H2,1-3H3,(H,23,26). The van der Waals surface area contributed by atoms with Gasteiger partial charge in [0.05, 0.1) is 19.9 Å². The summed E-state index contributed by atoms with van der Waals surface area (Å²) in [6.07, 6.45) is 0. The second-order valence-electron chi connectivity index (χ2n) is 6.47. The van der Waals surface area contributed by atoms with Gasteiger partial charge in [-0.3, -0.25) is 14.4 Å². The SMILES string of the molecule is COc1ccc(-c2ccc(=O)n(CC(=O)c3ccc(NC(C)=O)cc3)n2)cc1OC. The molecule has 1 heterocycles. The van der Waals surface area contributed by atoms with Gasteiger partial charge in [-0.05, 0) is 48.5 Å². The summed E-state index contributed by atoms with van der Waals surface area (Å²) in [6.45, 7) is 1.20. The molecule has 0 spiro atoms. The van der Waals surface area contributed by atoms with Gasteiger partial charge >= 0.3 is 0 Å². The number of benzene rings is 2. The van der Waals surface area contributed by atoms with Crippen LogP contribution in [-0.4, -0.2) is 35.7 Å². The Kier molecular flexibility index (Phi) is 6.26. The van der Waals surface area contributed by atoms with Gasteiger partial charge < -0.3 is 14.8 Å². The van der Waals surface area contributed by atoms with E-state index in [1.807, 2.05) is 0 Å². The van der Waals surface area contributed by atoms with E-state index in [0.29, 0.717) is 34.0 Å². The number of methoxy groups -OCH3 is 2. The van der Waals surface area contributed by atoms with E-state index in [0.717, 1.165) is 4.68 Å². The summed E-state index contributed by atoms with van der Waals surface area (Å²) in [6, 6.07) is 14.7. The highest BCUT2D eigenvalue weighted by atomic mass is 16.5. The molecule has 8 nitrogen and oxygen atoms in total. The minimum Gasteiger partial charge on any atom is -0.493 e. The lowest BCUT2D eigenvalue weighted by Gasteiger charge is -2.10. The third-order valence-electron chi connectivity index (χ3n) is 4.37. The van der Waals surface area contributed by atoms with Crippen molar-refractivity contribution in [2.45, 2.75) is 13.5 Å². The number of nitrogens with one attached hydrogen (secondary N) is 1. The third kappa shape index (κ3) is 4.72. The quantitative estimate of drug-likeness (QED) is 0.605. The first-order chi connectivity index (χ1) is 14.4. The molecule has 3 rings (SSSR count). The van der Waals surface area contributed by atoms with Crippen molar-refractivity contribution in [3.8, 4) is 22.8 Å². The predicted molar refractivity (Wildman–Crippen MR) is 112 cm³/mol. The molecule has 8 heteroatoms. The van der Waals surface area contributed by atoms with Crippen LogP contribution in [0.5, 0.6) is 11.5 Å². The van der Waals surface area contributed by atoms with Crippen LogP contribution in [0.2, 0.25) is 0 Å². The molecule has 2 aromatic carbocycles. The van der Waals surface area contributed by atoms with Crippen LogP contribution in [0.1, 0.15) is 17.3 Å². The number of Topliss-reactive ketones (excluding diaryl/α,β-unsaturated/α-hetero) is 1. The Morgan fingerprint density at radius 1 is 0.967 bits per heavy atom. The summed E-state index contributed by atoms with van der Waals surface area (Å²) < 4.78 is 11.7. The van der Waals surface area contributed by atoms with E-state index >= 15 is 0 Å². The van der Waals surface area contributed by atoms with Gasteiger partial charge in [0.15, 0.2) is 17.3 Å². The Morgan fingerprint density at radius 3 is 2.30 bits per heavy atom. The number of carbonyl (C=O) groups is 2. The van der Waals surface area contributed by atoms with Crippen LogP contribution >= 0.6 is 0 Å². The van der Waals surface area contributed by atoms with Gasteiger partial charge in [-0.25, -0.2) is 4.68 Å². The van der Waals surface area contributed by atoms with Crippen molar-refractivity contribution in [3.05, 3.63) is 70.5 Å². The maximum Gasteiger partial charge on any atom is 0.267 e. The van der Waals surface area contributed by atoms with Crippen LogP contribution in [0, 0.1) is 0 Å². The van der Waals surface area contributed by atoms with Crippen molar-refractivity contribution in [1.29, 1.82) is 0 Å². The van der Waals surface area contributed by atoms with E-state index in [4.69, 9.17) is 9.47 Å². The average molecular weight is 407 g/mol. The summed E-state index contributed by atoms with van der Waals surface area (Å²) >= 11 is 0. The highest BCUT2D eigenvalue weighted by Gasteiger charge is 2.12. The molecule has 0 bridgehead atoms. The van der Waals surface area contributed by atoms with E-state index in [1.54, 1.807) is 55.6 Å². The first-order valence-electron chi connectivity index (χ1n) is 9.12. The molecule has 3 aromatic rings. The maximum absolute atomic E-state index is 12.6. The molecule has 1 aromatic heterocycles. The van der Waals surface area contributed by atoms with Crippen molar-refractivity contribution >= 4 is 17.4 Å². The molecule has 0 aliphatic heterocycles. The van der Waals surface area contributed by atoms with Gasteiger partial charge in [0.25, 0.3) is 5.56 Å². The van der Waals surface area contributed by atoms with Crippen LogP contribution in [0.15, 0.2) is 59.4 Å². The number of hydrogen-bond donors (Lipinski definition) is 1. The molecule has 0 aliphatic rings. The van der Waals surface area contributed by atoms with Gasteiger partial charge in [-0.2, -0.15) is 5.10 Å². The summed E-state index contributed by atoms with van der Waals surface area (Å²) in [4.78, 5) is 35.9. The molecule has 0 saturated carbocycles. The smallest absolute Gasteiger partial charge is 0.267 e. The van der Waals surface area contributed by atoms with E-state index in [1.165, 1.54) is 20.1 Å². The Balaban J connectivity index is 1.84. The van der Waals surface area contributed by atoms with Crippen LogP contribution in [0.25, 0.3) is 11.3 Å². The molecule has 30 heavy (non-hydrogen) atoms. The van der Waals surface area contributed by atoms with Gasteiger partial charge in [0.1, 0.15) is 6.54 Å². The minimum absolute atomic E-state index is 0.197. The molecule has 1 amide bonds. The van der Waals surface area contributed by atoms with Gasteiger partial charge in [0, 0.05) is 29.8 Å². The van der Waals surface area contributed by atoms with E-state index < -0.39 is 0 Å². The number of aromatic nitrogens is 2. The summed E-state index contributed by atoms with van der Waals surface area (Å²) in [5.41, 5.74) is 1.85. The molecule has 0 atom stereocenters. The Hall–Kier alpha value is -3.94. The van der Waals surface area contributed by atoms with Gasteiger partial charge in [0.2, 0.25) is 5.91 Å². The molecule has 0 aliphatic carbocycles. The predicted octanol–water partition coefficient (Wildman–Crippen LogP) is 2.77. The lowest BCUT2D eigenvalue weighted by atomic mass is 10.1. The highest BCUT2D eigenvalue weighted by molar-refractivity contribution is 5.96. The fraction of sp³-hybridized carbons (Fsp3) is 0.182. The van der Waals surface area contributed by atoms with Gasteiger partial charge in [-0.1, -0.05) is 0 Å². The Bertz CT molecular complexity index is 1140. The molecule has 0 radical (unpaired) electrons. The lowest BCUT2D eigenvalue weighted by molar-refractivity contribution is -0.114. The number of ether oxygens (including phenoxy) is 2. The van der Waals surface area contributed by atoms with Crippen LogP contribution < -0.4 is 20.3 Å². The zero-order chi connectivity index (χ0) is 21.7. The highest BCUT2D eigenvalue weighted by Crippen LogP contribution is 2.31. The molecule has 154 valence electrons. The first-order valence-corrected chi connectivity index (χ1v) is 9.12. The second-order valence-corrected chi connectivity index (χ2v) is 6.47. The van der Waals surface area contributed by atoms with Crippen LogP contribution in [0.3, 0.4) is 0 Å². The summed E-state index contributed by atoms with van der Waals surface area (Å²) in [7, 11) is 3.08. The molecular weight excluding hydrogens is 386 g/mol. The largest absolute Gasteiger partial charge is 0.493 e. The van der Waals surface area contributed by atoms with Crippen molar-refractivity contribution in [2.75, 3.05) is 19.5 Å². The second kappa shape index (κ2) is 9.04. The van der Waals surface area contributed by atoms with E-state index in [2.05, 4.69) is 10.4 Å². The average Bonchev–Trinajstić information content (AvgIpc) is 2.74. The van der Waals surface area contributed by atoms with Crippen molar-refractivity contribution in [1.82, 2.24) is 9.78 Å². The Morgan fingerprint density at radius 2 is 1.67 bits per heavy atom. The summed E-state index contributed by atoms with van der Waals surface area (Å²) in [5, 5.41) is 6.96. The fourth-order valence-electron chi connectivity index (χ4n) is 2.88. The monoisotopic (exact) mass is 407 g/mol. The van der Waals surface area contributed by atoms with E-state index in [9.17, 15) is 14.4 Å². The maximum atomic E-state index is 12.6. The minimum atomic E-state index is -0.387. The molecule has 0 saturated heterocycles. The summed E-state index contributed by atoms with van der Waals surface area (Å²) in [5.74, 6) is 0.637. The number of hydrogen-bond acceptors (Lipinski definition) is 6. The van der Waals surface area contributed by atoms with Crippen molar-refractivity contribution in [3.63, 3.8) is 0 Å². The van der Waals surface area contributed by atoms with Gasteiger partial charge in [-0.15, -0.1) is 0 Å². The fourth-order valence-corrected chi connectivity index (χ4v) is 2.88. The normalized spacial score (nSPS) is 10.4. The number of nitrogens with zero attached hydrogens (tertiary/aromatic N) is 2. The Labute approximate surface area is 173 Å². The van der Waals surface area contributed by atoms with Crippen LogP contribution in [0.4, 0.5) is 5.69 Å². The van der Waals surface area contributed by atoms with Crippen molar-refractivity contribution in [2.24, 2.45) is 0 Å². The number of amides is 1. The topological polar surface area (TPSA) is 99.5 Å². The number of carbonyl (C=O) groups excluding carboxylic acids is 2. The molecule has 1 N–H and O–H groups in total. The first kappa shape index (κ1) is 20.8. The molecule has 0 fully saturated rings. The molecular formula is C22H21N3O5. The number of rotatable bonds is 7. The van der Waals surface area contributed by atoms with E-state index in [-0.39, 0.29) is 23.8 Å². The number of anilines is 1. The van der Waals surface area contributed by atoms with Crippen LogP contribution in [-0.2, 0) is 11.3 Å². The third-order valence-corrected chi connectivity index (χ3v) is 4.37. The zero-order valence-electron chi connectivity index (χ0n) is 16.8. The number of ketones is 1. The lowest BCUT2D eigenvalue weighted by Crippen LogP contribution is -2.26. The zero-order valence-corrected chi connectivity index (χ0v) is 16.8. The van der Waals surface area contributed by atoms with Crippen molar-refractivity contribution < 1.29 is 19.1 Å². The molecule has 0 unspecified atom stereocenters.